The van der Waals surface area contributed by atoms with E-state index in [4.69, 9.17) is 0 Å². The average molecular weight is 836 g/mol. The van der Waals surface area contributed by atoms with Crippen molar-refractivity contribution in [2.75, 3.05) is 12.8 Å². The molecule has 332 valence electrons. The first-order valence-electron chi connectivity index (χ1n) is 25.2. The first-order chi connectivity index (χ1) is 29.6. The SMILES string of the molecule is CN(Cc1ccccc1B(O)O)Cc1c2ccccc2c(CCCCCCCCCCCCCCCCCCCCCCCCCCCCCCCCS)c2ccccc12. The van der Waals surface area contributed by atoms with Gasteiger partial charge in [0.2, 0.25) is 0 Å². The number of aryl methyl sites for hydroxylation is 1. The van der Waals surface area contributed by atoms with Gasteiger partial charge in [-0.3, -0.25) is 4.90 Å². The van der Waals surface area contributed by atoms with Crippen LogP contribution in [0.4, 0.5) is 0 Å². The summed E-state index contributed by atoms with van der Waals surface area (Å²) in [6.07, 6.45) is 43.9. The minimum atomic E-state index is -1.46. The van der Waals surface area contributed by atoms with Gasteiger partial charge in [0.25, 0.3) is 0 Å². The quantitative estimate of drug-likeness (QED) is 0.0183. The number of hydrogen-bond acceptors (Lipinski definition) is 4. The highest BCUT2D eigenvalue weighted by Gasteiger charge is 2.18. The van der Waals surface area contributed by atoms with Crippen molar-refractivity contribution in [3.8, 4) is 0 Å². The minimum absolute atomic E-state index is 0.579. The lowest BCUT2D eigenvalue weighted by atomic mass is 9.77. The first kappa shape index (κ1) is 50.3. The molecule has 0 spiro atoms. The third kappa shape index (κ3) is 19.8. The van der Waals surface area contributed by atoms with Crippen molar-refractivity contribution in [3.05, 3.63) is 89.5 Å². The van der Waals surface area contributed by atoms with Crippen molar-refractivity contribution in [3.63, 3.8) is 0 Å². The van der Waals surface area contributed by atoms with E-state index in [1.54, 1.807) is 6.07 Å². The molecular formula is C55H86BNO2S. The number of hydrogen-bond donors (Lipinski definition) is 3. The molecule has 4 aromatic rings. The zero-order chi connectivity index (χ0) is 42.3. The first-order valence-corrected chi connectivity index (χ1v) is 25.9. The lowest BCUT2D eigenvalue weighted by molar-refractivity contribution is 0.321. The molecule has 4 rings (SSSR count). The molecule has 0 aliphatic rings. The number of benzene rings is 4. The second kappa shape index (κ2) is 32.4. The van der Waals surface area contributed by atoms with E-state index in [-0.39, 0.29) is 0 Å². The molecule has 0 atom stereocenters. The van der Waals surface area contributed by atoms with Crippen LogP contribution in [0.3, 0.4) is 0 Å². The molecule has 4 aromatic carbocycles. The molecule has 0 aliphatic heterocycles. The molecule has 0 fully saturated rings. The topological polar surface area (TPSA) is 43.7 Å². The van der Waals surface area contributed by atoms with Crippen LogP contribution in [0.5, 0.6) is 0 Å². The number of nitrogens with zero attached hydrogens (tertiary/aromatic N) is 1. The summed E-state index contributed by atoms with van der Waals surface area (Å²) in [7, 11) is 0.666. The molecular weight excluding hydrogens is 749 g/mol. The smallest absolute Gasteiger partial charge is 0.423 e. The summed E-state index contributed by atoms with van der Waals surface area (Å²) in [5.41, 5.74) is 4.38. The summed E-state index contributed by atoms with van der Waals surface area (Å²) in [6.45, 7) is 1.44. The van der Waals surface area contributed by atoms with Gasteiger partial charge in [-0.25, -0.2) is 0 Å². The monoisotopic (exact) mass is 836 g/mol. The predicted molar refractivity (Wildman–Crippen MR) is 269 cm³/mol. The molecule has 3 nitrogen and oxygen atoms in total. The molecule has 0 saturated heterocycles. The average Bonchev–Trinajstić information content (AvgIpc) is 3.26. The largest absolute Gasteiger partial charge is 0.488 e. The molecule has 0 aromatic heterocycles. The van der Waals surface area contributed by atoms with Crippen LogP contribution in [0.2, 0.25) is 0 Å². The Balaban J connectivity index is 0.975. The molecule has 0 bridgehead atoms. The molecule has 5 heteroatoms. The maximum Gasteiger partial charge on any atom is 0.488 e. The maximum absolute atomic E-state index is 9.92. The van der Waals surface area contributed by atoms with Crippen LogP contribution in [0.15, 0.2) is 72.8 Å². The molecule has 0 radical (unpaired) electrons. The summed E-state index contributed by atoms with van der Waals surface area (Å²) in [5.74, 6) is 1.06. The predicted octanol–water partition coefficient (Wildman–Crippen LogP) is 15.5. The van der Waals surface area contributed by atoms with E-state index in [0.717, 1.165) is 24.3 Å². The van der Waals surface area contributed by atoms with Gasteiger partial charge in [0.1, 0.15) is 0 Å². The van der Waals surface area contributed by atoms with Crippen molar-refractivity contribution in [2.45, 2.75) is 212 Å². The summed E-state index contributed by atoms with van der Waals surface area (Å²) in [6, 6.07) is 25.6. The lowest BCUT2D eigenvalue weighted by Crippen LogP contribution is -2.35. The summed E-state index contributed by atoms with van der Waals surface area (Å²) in [4.78, 5) is 2.29. The van der Waals surface area contributed by atoms with Crippen LogP contribution in [0.25, 0.3) is 21.5 Å². The maximum atomic E-state index is 9.92. The van der Waals surface area contributed by atoms with E-state index >= 15 is 0 Å². The van der Waals surface area contributed by atoms with E-state index in [0.29, 0.717) is 12.0 Å². The van der Waals surface area contributed by atoms with Crippen molar-refractivity contribution in [1.82, 2.24) is 4.90 Å². The number of unbranched alkanes of at least 4 members (excludes halogenated alkanes) is 29. The Morgan fingerprint density at radius 3 is 1.03 bits per heavy atom. The van der Waals surface area contributed by atoms with E-state index in [9.17, 15) is 10.0 Å². The molecule has 0 heterocycles. The van der Waals surface area contributed by atoms with Gasteiger partial charge in [0.05, 0.1) is 0 Å². The number of rotatable bonds is 37. The van der Waals surface area contributed by atoms with Crippen molar-refractivity contribution < 1.29 is 10.0 Å². The Morgan fingerprint density at radius 1 is 0.383 bits per heavy atom. The third-order valence-electron chi connectivity index (χ3n) is 13.2. The number of thiol groups is 1. The Morgan fingerprint density at radius 2 is 0.683 bits per heavy atom. The van der Waals surface area contributed by atoms with Crippen molar-refractivity contribution in [2.24, 2.45) is 0 Å². The van der Waals surface area contributed by atoms with Gasteiger partial charge < -0.3 is 10.0 Å². The van der Waals surface area contributed by atoms with Gasteiger partial charge in [-0.2, -0.15) is 12.6 Å². The van der Waals surface area contributed by atoms with Gasteiger partial charge in [0.15, 0.2) is 0 Å². The van der Waals surface area contributed by atoms with Crippen LogP contribution in [-0.2, 0) is 19.5 Å². The summed E-state index contributed by atoms with van der Waals surface area (Å²) in [5, 5.41) is 25.3. The highest BCUT2D eigenvalue weighted by atomic mass is 32.1. The zero-order valence-corrected chi connectivity index (χ0v) is 39.2. The van der Waals surface area contributed by atoms with Crippen LogP contribution < -0.4 is 5.46 Å². The van der Waals surface area contributed by atoms with Crippen LogP contribution in [0.1, 0.15) is 209 Å². The Bertz CT molecular complexity index is 1620. The van der Waals surface area contributed by atoms with E-state index in [1.165, 1.54) is 225 Å². The van der Waals surface area contributed by atoms with Gasteiger partial charge in [-0.05, 0) is 75.8 Å². The van der Waals surface area contributed by atoms with Gasteiger partial charge in [-0.15, -0.1) is 0 Å². The highest BCUT2D eigenvalue weighted by Crippen LogP contribution is 2.35. The molecule has 0 aliphatic carbocycles. The number of fused-ring (bicyclic) bond motifs is 2. The Kier molecular flexibility index (Phi) is 27.2. The molecule has 60 heavy (non-hydrogen) atoms. The molecule has 2 N–H and O–H groups in total. The van der Waals surface area contributed by atoms with Gasteiger partial charge in [0, 0.05) is 13.1 Å². The highest BCUT2D eigenvalue weighted by molar-refractivity contribution is 7.80. The minimum Gasteiger partial charge on any atom is -0.423 e. The fourth-order valence-corrected chi connectivity index (χ4v) is 9.88. The van der Waals surface area contributed by atoms with Crippen LogP contribution in [0, 0.1) is 0 Å². The van der Waals surface area contributed by atoms with E-state index < -0.39 is 7.12 Å². The Hall–Kier alpha value is -2.31. The van der Waals surface area contributed by atoms with Crippen molar-refractivity contribution >= 4 is 46.8 Å². The van der Waals surface area contributed by atoms with E-state index in [2.05, 4.69) is 73.1 Å². The second-order valence-electron chi connectivity index (χ2n) is 18.4. The third-order valence-corrected chi connectivity index (χ3v) is 13.5. The standard InChI is InChI=1S/C55H86BNO2S/c1-57(46-48-38-31-36-44-55(48)56(58)59)47-54-52-42-34-32-40-50(52)49(51-41-33-35-43-53(51)54)39-30-28-26-24-22-20-18-16-14-12-10-8-6-4-2-3-5-7-9-11-13-15-17-19-21-23-25-27-29-37-45-60/h31-36,38,40-44,58-60H,2-30,37,39,45-47H2,1H3. The van der Waals surface area contributed by atoms with Gasteiger partial charge >= 0.3 is 7.12 Å². The lowest BCUT2D eigenvalue weighted by Gasteiger charge is -2.23. The van der Waals surface area contributed by atoms with Crippen molar-refractivity contribution in [1.29, 1.82) is 0 Å². The van der Waals surface area contributed by atoms with Gasteiger partial charge in [-0.1, -0.05) is 253 Å². The normalized spacial score (nSPS) is 11.8. The fraction of sp³-hybridized carbons (Fsp3) is 0.636. The van der Waals surface area contributed by atoms with Crippen LogP contribution in [-0.4, -0.2) is 34.9 Å². The Labute approximate surface area is 374 Å². The fourth-order valence-electron chi connectivity index (χ4n) is 9.66. The van der Waals surface area contributed by atoms with Crippen LogP contribution >= 0.6 is 12.6 Å². The summed E-state index contributed by atoms with van der Waals surface area (Å²) < 4.78 is 0. The second-order valence-corrected chi connectivity index (χ2v) is 18.8. The summed E-state index contributed by atoms with van der Waals surface area (Å²) >= 11 is 4.30. The van der Waals surface area contributed by atoms with E-state index in [1.807, 2.05) is 18.2 Å². The zero-order valence-electron chi connectivity index (χ0n) is 38.3. The molecule has 0 saturated carbocycles. The molecule has 0 amide bonds. The molecule has 0 unspecified atom stereocenters.